The van der Waals surface area contributed by atoms with Gasteiger partial charge < -0.3 is 10.2 Å². The van der Waals surface area contributed by atoms with Crippen molar-refractivity contribution in [2.24, 2.45) is 5.92 Å². The number of hydrogen-bond donors (Lipinski definition) is 1. The lowest BCUT2D eigenvalue weighted by atomic mass is 9.85. The Hall–Kier alpha value is -1.85. The van der Waals surface area contributed by atoms with Gasteiger partial charge >= 0.3 is 5.69 Å². The van der Waals surface area contributed by atoms with Crippen molar-refractivity contribution in [2.75, 3.05) is 23.8 Å². The van der Waals surface area contributed by atoms with E-state index in [0.29, 0.717) is 23.6 Å². The molecule has 1 aromatic heterocycles. The Morgan fingerprint density at radius 3 is 2.76 bits per heavy atom. The summed E-state index contributed by atoms with van der Waals surface area (Å²) in [4.78, 5) is 17.4. The van der Waals surface area contributed by atoms with Crippen molar-refractivity contribution in [2.45, 2.75) is 45.6 Å². The van der Waals surface area contributed by atoms with E-state index in [9.17, 15) is 10.1 Å². The summed E-state index contributed by atoms with van der Waals surface area (Å²) in [5.41, 5.74) is 0.0805. The van der Waals surface area contributed by atoms with E-state index in [1.54, 1.807) is 12.1 Å². The van der Waals surface area contributed by atoms with Gasteiger partial charge in [-0.2, -0.15) is 0 Å². The Morgan fingerprint density at radius 2 is 2.14 bits per heavy atom. The molecule has 0 spiro atoms. The molecule has 0 radical (unpaired) electrons. The van der Waals surface area contributed by atoms with E-state index in [1.807, 2.05) is 18.9 Å². The summed E-state index contributed by atoms with van der Waals surface area (Å²) < 4.78 is 0. The molecule has 1 aliphatic rings. The number of hydrogen-bond acceptors (Lipinski definition) is 5. The van der Waals surface area contributed by atoms with Crippen LogP contribution in [0.15, 0.2) is 12.1 Å². The Labute approximate surface area is 125 Å². The van der Waals surface area contributed by atoms with Gasteiger partial charge in [-0.1, -0.05) is 19.8 Å². The number of nitrogens with zero attached hydrogens (tertiary/aromatic N) is 3. The van der Waals surface area contributed by atoms with E-state index in [1.165, 1.54) is 19.3 Å². The van der Waals surface area contributed by atoms with Gasteiger partial charge in [0.05, 0.1) is 4.92 Å². The highest BCUT2D eigenvalue weighted by Crippen LogP contribution is 2.34. The second-order valence-corrected chi connectivity index (χ2v) is 5.77. The molecule has 1 N–H and O–H groups in total. The van der Waals surface area contributed by atoms with Gasteiger partial charge in [-0.3, -0.25) is 10.1 Å². The molecule has 2 rings (SSSR count). The van der Waals surface area contributed by atoms with Crippen LogP contribution in [0.1, 0.15) is 39.5 Å². The van der Waals surface area contributed by atoms with Gasteiger partial charge in [-0.15, -0.1) is 0 Å². The Kier molecular flexibility index (Phi) is 4.98. The number of anilines is 2. The van der Waals surface area contributed by atoms with Crippen molar-refractivity contribution >= 4 is 17.3 Å². The van der Waals surface area contributed by atoms with Gasteiger partial charge in [0, 0.05) is 25.7 Å². The summed E-state index contributed by atoms with van der Waals surface area (Å²) in [7, 11) is 1.93. The van der Waals surface area contributed by atoms with Crippen molar-refractivity contribution < 1.29 is 4.92 Å². The first kappa shape index (κ1) is 15.5. The molecular formula is C15H24N4O2. The molecule has 6 heteroatoms. The van der Waals surface area contributed by atoms with Crippen LogP contribution in [0.2, 0.25) is 0 Å². The molecule has 0 aromatic carbocycles. The summed E-state index contributed by atoms with van der Waals surface area (Å²) in [6.07, 6.45) is 4.68. The molecule has 1 saturated carbocycles. The van der Waals surface area contributed by atoms with Crippen LogP contribution >= 0.6 is 0 Å². The van der Waals surface area contributed by atoms with Gasteiger partial charge in [0.15, 0.2) is 0 Å². The van der Waals surface area contributed by atoms with Gasteiger partial charge in [-0.25, -0.2) is 4.98 Å². The van der Waals surface area contributed by atoms with Crippen molar-refractivity contribution in [1.82, 2.24) is 4.98 Å². The molecule has 6 nitrogen and oxygen atoms in total. The average Bonchev–Trinajstić information content (AvgIpc) is 2.47. The minimum Gasteiger partial charge on any atom is -0.370 e. The molecule has 0 bridgehead atoms. The first-order chi connectivity index (χ1) is 10.0. The fourth-order valence-corrected chi connectivity index (χ4v) is 3.15. The van der Waals surface area contributed by atoms with Crippen LogP contribution in [0.5, 0.6) is 0 Å². The Bertz CT molecular complexity index is 506. The van der Waals surface area contributed by atoms with Gasteiger partial charge in [0.25, 0.3) is 0 Å². The van der Waals surface area contributed by atoms with Crippen LogP contribution in [-0.4, -0.2) is 29.5 Å². The predicted octanol–water partition coefficient (Wildman–Crippen LogP) is 3.44. The number of nitro groups is 1. The maximum absolute atomic E-state index is 11.3. The van der Waals surface area contributed by atoms with Crippen LogP contribution in [0.3, 0.4) is 0 Å². The molecule has 1 aliphatic carbocycles. The van der Waals surface area contributed by atoms with Crippen LogP contribution in [0, 0.1) is 16.0 Å². The quantitative estimate of drug-likeness (QED) is 0.665. The molecular weight excluding hydrogens is 268 g/mol. The first-order valence-electron chi connectivity index (χ1n) is 7.66. The standard InChI is InChI=1S/C15H24N4O2/c1-4-16-14-10-9-13(19(20)21)15(17-14)18(3)12-8-6-5-7-11(12)2/h9-12H,4-8H2,1-3H3,(H,16,17). The summed E-state index contributed by atoms with van der Waals surface area (Å²) in [6.45, 7) is 4.95. The minimum absolute atomic E-state index is 0.0805. The monoisotopic (exact) mass is 292 g/mol. The van der Waals surface area contributed by atoms with Crippen LogP contribution in [-0.2, 0) is 0 Å². The fraction of sp³-hybridized carbons (Fsp3) is 0.667. The van der Waals surface area contributed by atoms with Gasteiger partial charge in [0.2, 0.25) is 5.82 Å². The summed E-state index contributed by atoms with van der Waals surface area (Å²) in [5.74, 6) is 1.69. The molecule has 21 heavy (non-hydrogen) atoms. The number of nitrogens with one attached hydrogen (secondary N) is 1. The maximum Gasteiger partial charge on any atom is 0.311 e. The second-order valence-electron chi connectivity index (χ2n) is 5.77. The van der Waals surface area contributed by atoms with Gasteiger partial charge in [0.1, 0.15) is 5.82 Å². The highest BCUT2D eigenvalue weighted by atomic mass is 16.6. The van der Waals surface area contributed by atoms with Crippen LogP contribution in [0.4, 0.5) is 17.3 Å². The zero-order valence-electron chi connectivity index (χ0n) is 13.0. The third kappa shape index (κ3) is 3.43. The molecule has 2 atom stereocenters. The highest BCUT2D eigenvalue weighted by molar-refractivity contribution is 5.62. The molecule has 1 aromatic rings. The SMILES string of the molecule is CCNc1ccc([N+](=O)[O-])c(N(C)C2CCCCC2C)n1. The summed E-state index contributed by atoms with van der Waals surface area (Å²) >= 11 is 0. The normalized spacial score (nSPS) is 21.9. The Morgan fingerprint density at radius 1 is 1.43 bits per heavy atom. The Balaban J connectivity index is 2.34. The topological polar surface area (TPSA) is 71.3 Å². The van der Waals surface area contributed by atoms with E-state index in [2.05, 4.69) is 17.2 Å². The molecule has 0 amide bonds. The molecule has 1 heterocycles. The van der Waals surface area contributed by atoms with E-state index in [-0.39, 0.29) is 10.6 Å². The van der Waals surface area contributed by atoms with Crippen molar-refractivity contribution in [3.8, 4) is 0 Å². The number of pyridine rings is 1. The lowest BCUT2D eigenvalue weighted by molar-refractivity contribution is -0.384. The molecule has 2 unspecified atom stereocenters. The van der Waals surface area contributed by atoms with Crippen molar-refractivity contribution in [3.63, 3.8) is 0 Å². The molecule has 116 valence electrons. The second kappa shape index (κ2) is 6.74. The molecule has 1 fully saturated rings. The number of rotatable bonds is 5. The number of aromatic nitrogens is 1. The predicted molar refractivity (Wildman–Crippen MR) is 84.9 cm³/mol. The zero-order chi connectivity index (χ0) is 15.4. The van der Waals surface area contributed by atoms with Crippen LogP contribution in [0.25, 0.3) is 0 Å². The third-order valence-electron chi connectivity index (χ3n) is 4.31. The minimum atomic E-state index is -0.345. The third-order valence-corrected chi connectivity index (χ3v) is 4.31. The average molecular weight is 292 g/mol. The van der Waals surface area contributed by atoms with E-state index < -0.39 is 0 Å². The van der Waals surface area contributed by atoms with E-state index >= 15 is 0 Å². The first-order valence-corrected chi connectivity index (χ1v) is 7.66. The molecule has 0 aliphatic heterocycles. The van der Waals surface area contributed by atoms with Crippen molar-refractivity contribution in [1.29, 1.82) is 0 Å². The zero-order valence-corrected chi connectivity index (χ0v) is 13.0. The lowest BCUT2D eigenvalue weighted by Gasteiger charge is -2.36. The summed E-state index contributed by atoms with van der Waals surface area (Å²) in [5, 5.41) is 14.4. The molecule has 0 saturated heterocycles. The largest absolute Gasteiger partial charge is 0.370 e. The van der Waals surface area contributed by atoms with Gasteiger partial charge in [-0.05, 0) is 31.7 Å². The van der Waals surface area contributed by atoms with E-state index in [4.69, 9.17) is 0 Å². The highest BCUT2D eigenvalue weighted by Gasteiger charge is 2.30. The summed E-state index contributed by atoms with van der Waals surface area (Å²) in [6, 6.07) is 3.54. The van der Waals surface area contributed by atoms with Crippen molar-refractivity contribution in [3.05, 3.63) is 22.2 Å². The van der Waals surface area contributed by atoms with Crippen LogP contribution < -0.4 is 10.2 Å². The maximum atomic E-state index is 11.3. The van der Waals surface area contributed by atoms with E-state index in [0.717, 1.165) is 13.0 Å². The smallest absolute Gasteiger partial charge is 0.311 e. The fourth-order valence-electron chi connectivity index (χ4n) is 3.15. The lowest BCUT2D eigenvalue weighted by Crippen LogP contribution is -2.39.